The first-order chi connectivity index (χ1) is 6.81. The lowest BCUT2D eigenvalue weighted by Crippen LogP contribution is -2.40. The Morgan fingerprint density at radius 1 is 1.47 bits per heavy atom. The van der Waals surface area contributed by atoms with Gasteiger partial charge in [0.05, 0.1) is 5.75 Å². The standard InChI is InChI=1S/C8H18N2O4S/c1-4-7(8(11)12)9-5-6-15(13,14)10(2)3/h7,9H,4-6H2,1-3H3,(H,11,12). The normalized spacial score (nSPS) is 14.1. The highest BCUT2D eigenvalue weighted by Crippen LogP contribution is 1.94. The third-order valence-corrected chi connectivity index (χ3v) is 3.85. The number of carbonyl (C=O) groups is 1. The minimum absolute atomic E-state index is 0.0935. The monoisotopic (exact) mass is 238 g/mol. The maximum Gasteiger partial charge on any atom is 0.320 e. The molecule has 0 saturated heterocycles. The molecule has 0 bridgehead atoms. The van der Waals surface area contributed by atoms with Crippen LogP contribution in [0.1, 0.15) is 13.3 Å². The van der Waals surface area contributed by atoms with E-state index in [2.05, 4.69) is 5.32 Å². The van der Waals surface area contributed by atoms with Crippen LogP contribution >= 0.6 is 0 Å². The van der Waals surface area contributed by atoms with Crippen LogP contribution in [0.15, 0.2) is 0 Å². The summed E-state index contributed by atoms with van der Waals surface area (Å²) in [7, 11) is -0.353. The topological polar surface area (TPSA) is 86.7 Å². The summed E-state index contributed by atoms with van der Waals surface area (Å²) in [6, 6.07) is -0.678. The van der Waals surface area contributed by atoms with Gasteiger partial charge in [-0.1, -0.05) is 6.92 Å². The summed E-state index contributed by atoms with van der Waals surface area (Å²) in [5, 5.41) is 11.4. The van der Waals surface area contributed by atoms with Crippen LogP contribution in [0.5, 0.6) is 0 Å². The zero-order chi connectivity index (χ0) is 12.1. The second kappa shape index (κ2) is 6.04. The smallest absolute Gasteiger partial charge is 0.320 e. The summed E-state index contributed by atoms with van der Waals surface area (Å²) in [4.78, 5) is 10.6. The Hall–Kier alpha value is -0.660. The van der Waals surface area contributed by atoms with Crippen molar-refractivity contribution in [3.63, 3.8) is 0 Å². The molecule has 15 heavy (non-hydrogen) atoms. The molecular weight excluding hydrogens is 220 g/mol. The third kappa shape index (κ3) is 5.10. The van der Waals surface area contributed by atoms with Gasteiger partial charge in [0.15, 0.2) is 0 Å². The third-order valence-electron chi connectivity index (χ3n) is 2.01. The molecular formula is C8H18N2O4S. The highest BCUT2D eigenvalue weighted by molar-refractivity contribution is 7.89. The fourth-order valence-electron chi connectivity index (χ4n) is 0.951. The molecule has 0 aliphatic carbocycles. The maximum absolute atomic E-state index is 11.3. The molecule has 1 unspecified atom stereocenters. The number of hydrogen-bond acceptors (Lipinski definition) is 4. The van der Waals surface area contributed by atoms with Crippen molar-refractivity contribution in [2.45, 2.75) is 19.4 Å². The molecule has 0 amide bonds. The molecule has 0 aromatic heterocycles. The van der Waals surface area contributed by atoms with Gasteiger partial charge in [0.2, 0.25) is 10.0 Å². The lowest BCUT2D eigenvalue weighted by molar-refractivity contribution is -0.139. The van der Waals surface area contributed by atoms with Crippen LogP contribution in [-0.4, -0.2) is 56.2 Å². The molecule has 2 N–H and O–H groups in total. The Kier molecular flexibility index (Phi) is 5.77. The molecule has 7 heteroatoms. The number of carboxylic acid groups (broad SMARTS) is 1. The van der Waals surface area contributed by atoms with Crippen LogP contribution in [-0.2, 0) is 14.8 Å². The molecule has 0 heterocycles. The first kappa shape index (κ1) is 14.3. The van der Waals surface area contributed by atoms with Crippen LogP contribution in [0.4, 0.5) is 0 Å². The van der Waals surface area contributed by atoms with Crippen molar-refractivity contribution >= 4 is 16.0 Å². The van der Waals surface area contributed by atoms with Gasteiger partial charge in [0.1, 0.15) is 6.04 Å². The molecule has 0 radical (unpaired) electrons. The van der Waals surface area contributed by atoms with E-state index in [9.17, 15) is 13.2 Å². The molecule has 0 fully saturated rings. The minimum Gasteiger partial charge on any atom is -0.480 e. The van der Waals surface area contributed by atoms with Gasteiger partial charge in [0.25, 0.3) is 0 Å². The number of sulfonamides is 1. The Morgan fingerprint density at radius 3 is 2.33 bits per heavy atom. The quantitative estimate of drug-likeness (QED) is 0.614. The Balaban J connectivity index is 4.04. The molecule has 6 nitrogen and oxygen atoms in total. The van der Waals surface area contributed by atoms with Gasteiger partial charge in [-0.05, 0) is 6.42 Å². The molecule has 0 aromatic carbocycles. The first-order valence-corrected chi connectivity index (χ1v) is 6.28. The van der Waals surface area contributed by atoms with Crippen molar-refractivity contribution in [3.05, 3.63) is 0 Å². The van der Waals surface area contributed by atoms with E-state index in [0.717, 1.165) is 4.31 Å². The van der Waals surface area contributed by atoms with E-state index in [1.54, 1.807) is 6.92 Å². The number of nitrogens with one attached hydrogen (secondary N) is 1. The van der Waals surface area contributed by atoms with Gasteiger partial charge < -0.3 is 10.4 Å². The van der Waals surface area contributed by atoms with Crippen molar-refractivity contribution in [2.24, 2.45) is 0 Å². The predicted molar refractivity (Wildman–Crippen MR) is 57.2 cm³/mol. The van der Waals surface area contributed by atoms with Gasteiger partial charge in [-0.15, -0.1) is 0 Å². The molecule has 0 rings (SSSR count). The number of nitrogens with zero attached hydrogens (tertiary/aromatic N) is 1. The van der Waals surface area contributed by atoms with E-state index in [0.29, 0.717) is 6.42 Å². The Bertz CT molecular complexity index is 300. The summed E-state index contributed by atoms with van der Waals surface area (Å²) in [6.07, 6.45) is 0.428. The average molecular weight is 238 g/mol. The van der Waals surface area contributed by atoms with Crippen molar-refractivity contribution in [1.29, 1.82) is 0 Å². The number of carboxylic acids is 1. The van der Waals surface area contributed by atoms with Crippen molar-refractivity contribution < 1.29 is 18.3 Å². The number of rotatable bonds is 7. The van der Waals surface area contributed by atoms with Gasteiger partial charge in [0, 0.05) is 20.6 Å². The minimum atomic E-state index is -3.25. The molecule has 0 aliphatic rings. The number of aliphatic carboxylic acids is 1. The summed E-state index contributed by atoms with van der Waals surface area (Å²) in [6.45, 7) is 1.87. The number of hydrogen-bond donors (Lipinski definition) is 2. The second-order valence-electron chi connectivity index (χ2n) is 3.35. The lowest BCUT2D eigenvalue weighted by atomic mass is 10.2. The summed E-state index contributed by atoms with van der Waals surface area (Å²) in [5.41, 5.74) is 0. The van der Waals surface area contributed by atoms with Crippen LogP contribution in [0.3, 0.4) is 0 Å². The summed E-state index contributed by atoms with van der Waals surface area (Å²) >= 11 is 0. The van der Waals surface area contributed by atoms with E-state index >= 15 is 0 Å². The van der Waals surface area contributed by atoms with E-state index < -0.39 is 22.0 Å². The van der Waals surface area contributed by atoms with Gasteiger partial charge in [-0.25, -0.2) is 12.7 Å². The predicted octanol–water partition coefficient (Wildman–Crippen LogP) is -0.669. The van der Waals surface area contributed by atoms with E-state index in [1.807, 2.05) is 0 Å². The van der Waals surface area contributed by atoms with E-state index in [1.165, 1.54) is 14.1 Å². The Labute approximate surface area is 90.3 Å². The SMILES string of the molecule is CCC(NCCS(=O)(=O)N(C)C)C(=O)O. The maximum atomic E-state index is 11.3. The van der Waals surface area contributed by atoms with Gasteiger partial charge in [-0.2, -0.15) is 0 Å². The largest absolute Gasteiger partial charge is 0.480 e. The molecule has 0 aliphatic heterocycles. The average Bonchev–Trinajstić information content (AvgIpc) is 2.11. The zero-order valence-corrected chi connectivity index (χ0v) is 10.0. The van der Waals surface area contributed by atoms with E-state index in [-0.39, 0.29) is 12.3 Å². The molecule has 0 aromatic rings. The van der Waals surface area contributed by atoms with Crippen molar-refractivity contribution in [1.82, 2.24) is 9.62 Å². The van der Waals surface area contributed by atoms with Crippen LogP contribution in [0.2, 0.25) is 0 Å². The second-order valence-corrected chi connectivity index (χ2v) is 5.65. The molecule has 0 spiro atoms. The van der Waals surface area contributed by atoms with Crippen molar-refractivity contribution in [3.8, 4) is 0 Å². The summed E-state index contributed by atoms with van der Waals surface area (Å²) in [5.74, 6) is -1.05. The fraction of sp³-hybridized carbons (Fsp3) is 0.875. The fourth-order valence-corrected chi connectivity index (χ4v) is 1.69. The van der Waals surface area contributed by atoms with Gasteiger partial charge in [-0.3, -0.25) is 4.79 Å². The summed E-state index contributed by atoms with van der Waals surface area (Å²) < 4.78 is 23.7. The van der Waals surface area contributed by atoms with Gasteiger partial charge >= 0.3 is 5.97 Å². The highest BCUT2D eigenvalue weighted by Gasteiger charge is 2.17. The van der Waals surface area contributed by atoms with Crippen LogP contribution < -0.4 is 5.32 Å². The zero-order valence-electron chi connectivity index (χ0n) is 9.23. The molecule has 90 valence electrons. The molecule has 0 saturated carbocycles. The first-order valence-electron chi connectivity index (χ1n) is 4.67. The van der Waals surface area contributed by atoms with E-state index in [4.69, 9.17) is 5.11 Å². The Morgan fingerprint density at radius 2 is 2.00 bits per heavy atom. The highest BCUT2D eigenvalue weighted by atomic mass is 32.2. The lowest BCUT2D eigenvalue weighted by Gasteiger charge is -2.14. The van der Waals surface area contributed by atoms with Crippen molar-refractivity contribution in [2.75, 3.05) is 26.4 Å². The van der Waals surface area contributed by atoms with Crippen LogP contribution in [0, 0.1) is 0 Å². The molecule has 1 atom stereocenters. The van der Waals surface area contributed by atoms with Crippen LogP contribution in [0.25, 0.3) is 0 Å².